The van der Waals surface area contributed by atoms with Crippen molar-refractivity contribution in [2.24, 2.45) is 4.99 Å². The Balaban J connectivity index is 2.03. The first-order valence-corrected chi connectivity index (χ1v) is 7.19. The van der Waals surface area contributed by atoms with Crippen LogP contribution in [0.1, 0.15) is 19.8 Å². The first-order valence-electron chi connectivity index (χ1n) is 6.31. The molecule has 0 saturated carbocycles. The molecule has 2 rings (SSSR count). The minimum absolute atomic E-state index is 0.248. The highest BCUT2D eigenvalue weighted by Crippen LogP contribution is 2.32. The van der Waals surface area contributed by atoms with Gasteiger partial charge in [-0.2, -0.15) is 0 Å². The number of benzene rings is 1. The lowest BCUT2D eigenvalue weighted by molar-refractivity contribution is -0.274. The van der Waals surface area contributed by atoms with Crippen LogP contribution in [0.15, 0.2) is 29.3 Å². The molecule has 1 aliphatic heterocycles. The molecule has 0 fully saturated rings. The fourth-order valence-corrected chi connectivity index (χ4v) is 2.99. The van der Waals surface area contributed by atoms with E-state index in [1.165, 1.54) is 18.2 Å². The number of alkyl halides is 3. The van der Waals surface area contributed by atoms with E-state index in [-0.39, 0.29) is 11.4 Å². The molecule has 0 spiro atoms. The van der Waals surface area contributed by atoms with Crippen LogP contribution in [0.3, 0.4) is 0 Å². The Morgan fingerprint density at radius 3 is 2.85 bits per heavy atom. The summed E-state index contributed by atoms with van der Waals surface area (Å²) in [5, 5.41) is 3.95. The number of para-hydroxylation sites is 2. The number of aliphatic imine (C=N–C) groups is 1. The van der Waals surface area contributed by atoms with Gasteiger partial charge in [0.15, 0.2) is 10.9 Å². The number of nitrogens with zero attached hydrogens (tertiary/aromatic N) is 1. The molecular formula is C13H15F3N2OS. The largest absolute Gasteiger partial charge is 0.573 e. The number of hydrogen-bond acceptors (Lipinski definition) is 4. The van der Waals surface area contributed by atoms with Gasteiger partial charge >= 0.3 is 6.36 Å². The van der Waals surface area contributed by atoms with Crippen molar-refractivity contribution in [1.82, 2.24) is 0 Å². The summed E-state index contributed by atoms with van der Waals surface area (Å²) in [6.45, 7) is 2.79. The number of ether oxygens (including phenoxy) is 1. The molecule has 1 N–H and O–H groups in total. The molecule has 1 heterocycles. The predicted octanol–water partition coefficient (Wildman–Crippen LogP) is 4.27. The zero-order valence-electron chi connectivity index (χ0n) is 10.9. The Morgan fingerprint density at radius 2 is 2.15 bits per heavy atom. The van der Waals surface area contributed by atoms with Crippen molar-refractivity contribution in [1.29, 1.82) is 0 Å². The van der Waals surface area contributed by atoms with Crippen LogP contribution >= 0.6 is 11.8 Å². The number of anilines is 1. The summed E-state index contributed by atoms with van der Waals surface area (Å²) in [6.07, 6.45) is -2.60. The van der Waals surface area contributed by atoms with Gasteiger partial charge in [-0.3, -0.25) is 4.99 Å². The van der Waals surface area contributed by atoms with Crippen LogP contribution in [0.5, 0.6) is 5.75 Å². The number of thioether (sulfide) groups is 1. The summed E-state index contributed by atoms with van der Waals surface area (Å²) in [5.74, 6) is -0.248. The Bertz CT molecular complexity index is 491. The zero-order valence-corrected chi connectivity index (χ0v) is 11.7. The second-order valence-electron chi connectivity index (χ2n) is 4.34. The van der Waals surface area contributed by atoms with Gasteiger partial charge in [0.2, 0.25) is 0 Å². The third-order valence-electron chi connectivity index (χ3n) is 2.68. The van der Waals surface area contributed by atoms with Gasteiger partial charge in [-0.1, -0.05) is 37.2 Å². The molecule has 1 atom stereocenters. The van der Waals surface area contributed by atoms with Crippen LogP contribution in [0, 0.1) is 0 Å². The number of rotatable bonds is 4. The summed E-state index contributed by atoms with van der Waals surface area (Å²) >= 11 is 1.56. The first-order chi connectivity index (χ1) is 9.48. The van der Waals surface area contributed by atoms with Gasteiger partial charge in [-0.15, -0.1) is 13.2 Å². The molecule has 0 aliphatic carbocycles. The van der Waals surface area contributed by atoms with Gasteiger partial charge in [-0.25, -0.2) is 0 Å². The SMILES string of the molecule is CCCC1CN=C(Nc2ccccc2OC(F)(F)F)S1. The van der Waals surface area contributed by atoms with Gasteiger partial charge in [0.1, 0.15) is 0 Å². The van der Waals surface area contributed by atoms with Crippen LogP contribution in [-0.2, 0) is 0 Å². The third kappa shape index (κ3) is 4.33. The monoisotopic (exact) mass is 304 g/mol. The summed E-state index contributed by atoms with van der Waals surface area (Å²) in [4.78, 5) is 4.30. The lowest BCUT2D eigenvalue weighted by Gasteiger charge is -2.14. The van der Waals surface area contributed by atoms with Crippen molar-refractivity contribution in [3.05, 3.63) is 24.3 Å². The van der Waals surface area contributed by atoms with Crippen LogP contribution in [0.25, 0.3) is 0 Å². The second-order valence-corrected chi connectivity index (χ2v) is 5.63. The summed E-state index contributed by atoms with van der Waals surface area (Å²) in [5.41, 5.74) is 0.272. The molecule has 3 nitrogen and oxygen atoms in total. The van der Waals surface area contributed by atoms with E-state index in [0.29, 0.717) is 17.0 Å². The van der Waals surface area contributed by atoms with E-state index < -0.39 is 6.36 Å². The molecule has 0 radical (unpaired) electrons. The maximum atomic E-state index is 12.3. The average molecular weight is 304 g/mol. The quantitative estimate of drug-likeness (QED) is 0.902. The topological polar surface area (TPSA) is 33.6 Å². The van der Waals surface area contributed by atoms with Crippen LogP contribution < -0.4 is 10.1 Å². The average Bonchev–Trinajstić information content (AvgIpc) is 2.78. The summed E-state index contributed by atoms with van der Waals surface area (Å²) < 4.78 is 40.9. The van der Waals surface area contributed by atoms with E-state index >= 15 is 0 Å². The first kappa shape index (κ1) is 15.0. The maximum absolute atomic E-state index is 12.3. The molecule has 1 aromatic rings. The zero-order chi connectivity index (χ0) is 14.6. The third-order valence-corrected chi connectivity index (χ3v) is 3.85. The molecule has 1 unspecified atom stereocenters. The van der Waals surface area contributed by atoms with E-state index in [4.69, 9.17) is 0 Å². The van der Waals surface area contributed by atoms with E-state index in [0.717, 1.165) is 12.8 Å². The summed E-state index contributed by atoms with van der Waals surface area (Å²) in [6, 6.07) is 5.96. The lowest BCUT2D eigenvalue weighted by atomic mass is 10.2. The fraction of sp³-hybridized carbons (Fsp3) is 0.462. The van der Waals surface area contributed by atoms with Crippen molar-refractivity contribution < 1.29 is 17.9 Å². The molecule has 1 aliphatic rings. The molecule has 110 valence electrons. The van der Waals surface area contributed by atoms with Crippen LogP contribution in [0.4, 0.5) is 18.9 Å². The van der Waals surface area contributed by atoms with Crippen molar-refractivity contribution in [3.63, 3.8) is 0 Å². The Labute approximate surface area is 119 Å². The molecule has 1 aromatic carbocycles. The predicted molar refractivity (Wildman–Crippen MR) is 75.3 cm³/mol. The Morgan fingerprint density at radius 1 is 1.40 bits per heavy atom. The van der Waals surface area contributed by atoms with Gasteiger partial charge in [-0.05, 0) is 18.6 Å². The standard InChI is InChI=1S/C13H15F3N2OS/c1-2-5-9-8-17-12(20-9)18-10-6-3-4-7-11(10)19-13(14,15)16/h3-4,6-7,9H,2,5,8H2,1H3,(H,17,18). The minimum atomic E-state index is -4.70. The van der Waals surface area contributed by atoms with Gasteiger partial charge in [0, 0.05) is 5.25 Å². The number of hydrogen-bond donors (Lipinski definition) is 1. The van der Waals surface area contributed by atoms with E-state index in [9.17, 15) is 13.2 Å². The molecule has 20 heavy (non-hydrogen) atoms. The number of halogens is 3. The Hall–Kier alpha value is -1.37. The van der Waals surface area contributed by atoms with Crippen molar-refractivity contribution in [2.45, 2.75) is 31.4 Å². The van der Waals surface area contributed by atoms with Crippen molar-refractivity contribution in [2.75, 3.05) is 11.9 Å². The molecule has 7 heteroatoms. The van der Waals surface area contributed by atoms with Crippen LogP contribution in [0.2, 0.25) is 0 Å². The normalized spacial score (nSPS) is 18.8. The molecule has 0 aromatic heterocycles. The van der Waals surface area contributed by atoms with Gasteiger partial charge < -0.3 is 10.1 Å². The fourth-order valence-electron chi connectivity index (χ4n) is 1.86. The van der Waals surface area contributed by atoms with Gasteiger partial charge in [0.05, 0.1) is 12.2 Å². The van der Waals surface area contributed by atoms with Crippen molar-refractivity contribution in [3.8, 4) is 5.75 Å². The molecular weight excluding hydrogens is 289 g/mol. The Kier molecular flexibility index (Phi) is 4.80. The maximum Gasteiger partial charge on any atom is 0.573 e. The van der Waals surface area contributed by atoms with Gasteiger partial charge in [0.25, 0.3) is 0 Å². The highest BCUT2D eigenvalue weighted by molar-refractivity contribution is 8.15. The molecule has 0 saturated heterocycles. The van der Waals surface area contributed by atoms with E-state index in [1.54, 1.807) is 17.8 Å². The van der Waals surface area contributed by atoms with Crippen LogP contribution in [-0.4, -0.2) is 23.3 Å². The number of amidine groups is 1. The second kappa shape index (κ2) is 6.39. The van der Waals surface area contributed by atoms with E-state index in [2.05, 4.69) is 22.0 Å². The highest BCUT2D eigenvalue weighted by atomic mass is 32.2. The smallest absolute Gasteiger partial charge is 0.404 e. The summed E-state index contributed by atoms with van der Waals surface area (Å²) in [7, 11) is 0. The van der Waals surface area contributed by atoms with E-state index in [1.807, 2.05) is 0 Å². The highest BCUT2D eigenvalue weighted by Gasteiger charge is 2.32. The molecule has 0 bridgehead atoms. The molecule has 0 amide bonds. The lowest BCUT2D eigenvalue weighted by Crippen LogP contribution is -2.18. The van der Waals surface area contributed by atoms with Crippen molar-refractivity contribution >= 4 is 22.6 Å². The minimum Gasteiger partial charge on any atom is -0.404 e. The number of nitrogens with one attached hydrogen (secondary N) is 1.